The van der Waals surface area contributed by atoms with Gasteiger partial charge in [0, 0.05) is 44.0 Å². The molecule has 2 atom stereocenters. The molecular formula is C25H38N4O3. The maximum atomic E-state index is 13.1. The maximum absolute atomic E-state index is 13.1. The lowest BCUT2D eigenvalue weighted by molar-refractivity contribution is -0.136. The highest BCUT2D eigenvalue weighted by Crippen LogP contribution is 2.24. The van der Waals surface area contributed by atoms with Crippen LogP contribution in [-0.2, 0) is 14.4 Å². The monoisotopic (exact) mass is 442 g/mol. The Labute approximate surface area is 191 Å². The minimum absolute atomic E-state index is 0.0839. The van der Waals surface area contributed by atoms with Crippen molar-refractivity contribution in [3.63, 3.8) is 0 Å². The van der Waals surface area contributed by atoms with Gasteiger partial charge in [0.15, 0.2) is 0 Å². The highest BCUT2D eigenvalue weighted by molar-refractivity contribution is 5.97. The van der Waals surface area contributed by atoms with Gasteiger partial charge in [-0.2, -0.15) is 0 Å². The predicted molar refractivity (Wildman–Crippen MR) is 128 cm³/mol. The van der Waals surface area contributed by atoms with Crippen LogP contribution >= 0.6 is 0 Å². The van der Waals surface area contributed by atoms with E-state index in [1.807, 2.05) is 25.1 Å². The van der Waals surface area contributed by atoms with Crippen molar-refractivity contribution in [1.29, 1.82) is 0 Å². The first-order valence-corrected chi connectivity index (χ1v) is 12.3. The van der Waals surface area contributed by atoms with Crippen LogP contribution in [0.2, 0.25) is 0 Å². The van der Waals surface area contributed by atoms with E-state index >= 15 is 0 Å². The molecule has 2 N–H and O–H groups in total. The number of benzene rings is 1. The van der Waals surface area contributed by atoms with Crippen molar-refractivity contribution < 1.29 is 14.4 Å². The second kappa shape index (κ2) is 11.9. The number of anilines is 2. The number of unbranched alkanes of at least 4 members (excludes halogenated alkanes) is 1. The normalized spacial score (nSPS) is 19.5. The third-order valence-corrected chi connectivity index (χ3v) is 6.51. The zero-order valence-electron chi connectivity index (χ0n) is 19.6. The highest BCUT2D eigenvalue weighted by atomic mass is 16.2. The molecular weight excluding hydrogens is 404 g/mol. The van der Waals surface area contributed by atoms with E-state index in [1.165, 1.54) is 12.8 Å². The molecule has 2 aliphatic rings. The number of carbonyl (C=O) groups is 3. The van der Waals surface area contributed by atoms with Gasteiger partial charge in [-0.05, 0) is 50.3 Å². The van der Waals surface area contributed by atoms with Crippen molar-refractivity contribution in [2.75, 3.05) is 36.4 Å². The van der Waals surface area contributed by atoms with E-state index in [2.05, 4.69) is 28.5 Å². The van der Waals surface area contributed by atoms with Gasteiger partial charge in [0.1, 0.15) is 6.04 Å². The van der Waals surface area contributed by atoms with Crippen LogP contribution in [0.3, 0.4) is 0 Å². The standard InChI is InChI=1S/C25H38N4O3/c1-3-5-13-22(27-24(31)19-10-9-16-29(18-19)23(30)4-2)25(32)26-20-11-8-12-21(17-20)28-14-6-7-15-28/h8,11-12,17,19,22H,3-7,9-10,13-16,18H2,1-2H3,(H,26,32)(H,27,31). The maximum Gasteiger partial charge on any atom is 0.246 e. The lowest BCUT2D eigenvalue weighted by Crippen LogP contribution is -2.50. The number of amides is 3. The Morgan fingerprint density at radius 2 is 1.88 bits per heavy atom. The molecule has 2 unspecified atom stereocenters. The summed E-state index contributed by atoms with van der Waals surface area (Å²) in [5.41, 5.74) is 1.88. The van der Waals surface area contributed by atoms with Crippen molar-refractivity contribution >= 4 is 29.1 Å². The molecule has 0 aliphatic carbocycles. The van der Waals surface area contributed by atoms with Crippen LogP contribution in [0, 0.1) is 5.92 Å². The Hall–Kier alpha value is -2.57. The number of carbonyl (C=O) groups excluding carboxylic acids is 3. The number of rotatable bonds is 9. The van der Waals surface area contributed by atoms with Gasteiger partial charge < -0.3 is 20.4 Å². The van der Waals surface area contributed by atoms with Crippen molar-refractivity contribution in [2.24, 2.45) is 5.92 Å². The zero-order chi connectivity index (χ0) is 22.9. The molecule has 3 amide bonds. The molecule has 2 heterocycles. The summed E-state index contributed by atoms with van der Waals surface area (Å²) in [4.78, 5) is 42.2. The number of hydrogen-bond donors (Lipinski definition) is 2. The Kier molecular flexibility index (Phi) is 8.94. The summed E-state index contributed by atoms with van der Waals surface area (Å²) in [5, 5.41) is 6.00. The molecule has 0 bridgehead atoms. The minimum atomic E-state index is -0.574. The van der Waals surface area contributed by atoms with E-state index in [0.29, 0.717) is 25.9 Å². The van der Waals surface area contributed by atoms with E-state index in [1.54, 1.807) is 4.90 Å². The lowest BCUT2D eigenvalue weighted by Gasteiger charge is -2.32. The second-order valence-corrected chi connectivity index (χ2v) is 8.97. The molecule has 3 rings (SSSR count). The Bertz CT molecular complexity index is 791. The fraction of sp³-hybridized carbons (Fsp3) is 0.640. The van der Waals surface area contributed by atoms with Gasteiger partial charge in [-0.25, -0.2) is 0 Å². The van der Waals surface area contributed by atoms with Gasteiger partial charge in [-0.1, -0.05) is 32.8 Å². The SMILES string of the molecule is CCCCC(NC(=O)C1CCCN(C(=O)CC)C1)C(=O)Nc1cccc(N2CCCC2)c1. The van der Waals surface area contributed by atoms with Crippen molar-refractivity contribution in [2.45, 2.75) is 71.3 Å². The molecule has 0 aromatic heterocycles. The van der Waals surface area contributed by atoms with E-state index in [-0.39, 0.29) is 23.6 Å². The Morgan fingerprint density at radius 3 is 2.59 bits per heavy atom. The van der Waals surface area contributed by atoms with Gasteiger partial charge in [0.2, 0.25) is 17.7 Å². The summed E-state index contributed by atoms with van der Waals surface area (Å²) in [7, 11) is 0. The third-order valence-electron chi connectivity index (χ3n) is 6.51. The average Bonchev–Trinajstić information content (AvgIpc) is 3.36. The highest BCUT2D eigenvalue weighted by Gasteiger charge is 2.30. The lowest BCUT2D eigenvalue weighted by atomic mass is 9.96. The molecule has 2 fully saturated rings. The molecule has 1 aromatic carbocycles. The molecule has 176 valence electrons. The second-order valence-electron chi connectivity index (χ2n) is 8.97. The van der Waals surface area contributed by atoms with E-state index in [0.717, 1.165) is 50.1 Å². The summed E-state index contributed by atoms with van der Waals surface area (Å²) in [5.74, 6) is -0.473. The smallest absolute Gasteiger partial charge is 0.246 e. The fourth-order valence-electron chi connectivity index (χ4n) is 4.59. The van der Waals surface area contributed by atoms with Crippen molar-refractivity contribution in [3.05, 3.63) is 24.3 Å². The van der Waals surface area contributed by atoms with Gasteiger partial charge in [-0.15, -0.1) is 0 Å². The first-order valence-electron chi connectivity index (χ1n) is 12.3. The molecule has 7 heteroatoms. The molecule has 2 aliphatic heterocycles. The molecule has 1 aromatic rings. The Morgan fingerprint density at radius 1 is 1.09 bits per heavy atom. The third kappa shape index (κ3) is 6.47. The average molecular weight is 443 g/mol. The quantitative estimate of drug-likeness (QED) is 0.613. The van der Waals surface area contributed by atoms with Crippen LogP contribution in [0.4, 0.5) is 11.4 Å². The summed E-state index contributed by atoms with van der Waals surface area (Å²) in [6, 6.07) is 7.37. The van der Waals surface area contributed by atoms with Crippen LogP contribution in [0.1, 0.15) is 65.2 Å². The topological polar surface area (TPSA) is 81.8 Å². The van der Waals surface area contributed by atoms with Gasteiger partial charge in [0.25, 0.3) is 0 Å². The van der Waals surface area contributed by atoms with E-state index < -0.39 is 6.04 Å². The zero-order valence-corrected chi connectivity index (χ0v) is 19.6. The largest absolute Gasteiger partial charge is 0.371 e. The van der Waals surface area contributed by atoms with Crippen LogP contribution in [0.5, 0.6) is 0 Å². The summed E-state index contributed by atoms with van der Waals surface area (Å²) in [6.07, 6.45) is 6.83. The van der Waals surface area contributed by atoms with Crippen molar-refractivity contribution in [3.8, 4) is 0 Å². The van der Waals surface area contributed by atoms with E-state index in [9.17, 15) is 14.4 Å². The summed E-state index contributed by atoms with van der Waals surface area (Å²) in [6.45, 7) is 7.17. The van der Waals surface area contributed by atoms with E-state index in [4.69, 9.17) is 0 Å². The molecule has 0 spiro atoms. The number of hydrogen-bond acceptors (Lipinski definition) is 4. The van der Waals surface area contributed by atoms with Crippen molar-refractivity contribution in [1.82, 2.24) is 10.2 Å². The van der Waals surface area contributed by atoms with Gasteiger partial charge in [0.05, 0.1) is 5.92 Å². The number of piperidine rings is 1. The van der Waals surface area contributed by atoms with Gasteiger partial charge >= 0.3 is 0 Å². The van der Waals surface area contributed by atoms with Crippen LogP contribution < -0.4 is 15.5 Å². The molecule has 2 saturated heterocycles. The van der Waals surface area contributed by atoms with Gasteiger partial charge in [-0.3, -0.25) is 14.4 Å². The summed E-state index contributed by atoms with van der Waals surface area (Å²) >= 11 is 0. The summed E-state index contributed by atoms with van der Waals surface area (Å²) < 4.78 is 0. The Balaban J connectivity index is 1.62. The number of nitrogens with one attached hydrogen (secondary N) is 2. The van der Waals surface area contributed by atoms with Crippen LogP contribution in [-0.4, -0.2) is 54.8 Å². The number of nitrogens with zero attached hydrogens (tertiary/aromatic N) is 2. The fourth-order valence-corrected chi connectivity index (χ4v) is 4.59. The minimum Gasteiger partial charge on any atom is -0.371 e. The molecule has 7 nitrogen and oxygen atoms in total. The number of likely N-dealkylation sites (tertiary alicyclic amines) is 1. The molecule has 32 heavy (non-hydrogen) atoms. The first kappa shape index (κ1) is 24.1. The molecule has 0 saturated carbocycles. The molecule has 0 radical (unpaired) electrons. The van der Waals surface area contributed by atoms with Crippen LogP contribution in [0.15, 0.2) is 24.3 Å². The first-order chi connectivity index (χ1) is 15.5. The van der Waals surface area contributed by atoms with Crippen LogP contribution in [0.25, 0.3) is 0 Å². The predicted octanol–water partition coefficient (Wildman–Crippen LogP) is 3.55.